The second kappa shape index (κ2) is 3.77. The van der Waals surface area contributed by atoms with Crippen molar-refractivity contribution in [3.05, 3.63) is 29.3 Å². The Labute approximate surface area is 72.4 Å². The van der Waals surface area contributed by atoms with Gasteiger partial charge in [0.15, 0.2) is 0 Å². The average molecular weight is 161 g/mol. The van der Waals surface area contributed by atoms with E-state index >= 15 is 0 Å². The number of nitrogens with zero attached hydrogens (tertiary/aromatic N) is 1. The molecule has 0 heterocycles. The Balaban J connectivity index is 3.24. The zero-order valence-electron chi connectivity index (χ0n) is 7.29. The van der Waals surface area contributed by atoms with Gasteiger partial charge in [-0.3, -0.25) is 0 Å². The maximum Gasteiger partial charge on any atom is 0.139 e. The molecule has 0 bridgehead atoms. The Bertz CT molecular complexity index is 312. The van der Waals surface area contributed by atoms with Crippen molar-refractivity contribution < 1.29 is 4.74 Å². The minimum absolute atomic E-state index is 0.608. The quantitative estimate of drug-likeness (QED) is 0.665. The molecular formula is C10H11NO. The van der Waals surface area contributed by atoms with Gasteiger partial charge in [-0.15, -0.1) is 0 Å². The molecule has 0 amide bonds. The lowest BCUT2D eigenvalue weighted by atomic mass is 10.1. The fraction of sp³-hybridized carbons (Fsp3) is 0.300. The number of nitriles is 1. The van der Waals surface area contributed by atoms with E-state index in [9.17, 15) is 0 Å². The Kier molecular flexibility index (Phi) is 2.71. The molecule has 0 saturated carbocycles. The average Bonchev–Trinajstić information content (AvgIpc) is 2.16. The third-order valence-electron chi connectivity index (χ3n) is 1.80. The SMILES string of the molecule is CCc1cccc(C#N)c1OC. The first kappa shape index (κ1) is 8.61. The molecule has 0 aliphatic carbocycles. The molecule has 1 aromatic carbocycles. The van der Waals surface area contributed by atoms with Gasteiger partial charge in [-0.1, -0.05) is 19.1 Å². The lowest BCUT2D eigenvalue weighted by Gasteiger charge is -2.06. The van der Waals surface area contributed by atoms with Crippen LogP contribution in [0.1, 0.15) is 18.1 Å². The second-order valence-corrected chi connectivity index (χ2v) is 2.46. The Morgan fingerprint density at radius 2 is 2.25 bits per heavy atom. The molecular weight excluding hydrogens is 150 g/mol. The first-order chi connectivity index (χ1) is 5.83. The third-order valence-corrected chi connectivity index (χ3v) is 1.80. The highest BCUT2D eigenvalue weighted by molar-refractivity contribution is 5.48. The minimum atomic E-state index is 0.608. The van der Waals surface area contributed by atoms with Crippen molar-refractivity contribution in [1.29, 1.82) is 5.26 Å². The predicted molar refractivity (Wildman–Crippen MR) is 47.1 cm³/mol. The summed E-state index contributed by atoms with van der Waals surface area (Å²) in [6.45, 7) is 2.04. The largest absolute Gasteiger partial charge is 0.495 e. The van der Waals surface area contributed by atoms with Crippen LogP contribution in [0.5, 0.6) is 5.75 Å². The van der Waals surface area contributed by atoms with Gasteiger partial charge < -0.3 is 4.74 Å². The molecule has 0 fully saturated rings. The van der Waals surface area contributed by atoms with E-state index in [1.165, 1.54) is 0 Å². The number of para-hydroxylation sites is 1. The number of hydrogen-bond donors (Lipinski definition) is 0. The maximum atomic E-state index is 8.74. The fourth-order valence-corrected chi connectivity index (χ4v) is 1.19. The van der Waals surface area contributed by atoms with Crippen molar-refractivity contribution in [1.82, 2.24) is 0 Å². The molecule has 2 nitrogen and oxygen atoms in total. The van der Waals surface area contributed by atoms with Gasteiger partial charge in [0.1, 0.15) is 11.8 Å². The summed E-state index contributed by atoms with van der Waals surface area (Å²) in [5.41, 5.74) is 1.69. The number of benzene rings is 1. The number of ether oxygens (including phenoxy) is 1. The van der Waals surface area contributed by atoms with Gasteiger partial charge in [-0.25, -0.2) is 0 Å². The first-order valence-electron chi connectivity index (χ1n) is 3.89. The monoisotopic (exact) mass is 161 g/mol. The van der Waals surface area contributed by atoms with Crippen LogP contribution in [0.15, 0.2) is 18.2 Å². The standard InChI is InChI=1S/C10H11NO/c1-3-8-5-4-6-9(7-11)10(8)12-2/h4-6H,3H2,1-2H3. The van der Waals surface area contributed by atoms with Crippen LogP contribution in [0.3, 0.4) is 0 Å². The molecule has 0 unspecified atom stereocenters. The van der Waals surface area contributed by atoms with Crippen molar-refractivity contribution in [2.75, 3.05) is 7.11 Å². The van der Waals surface area contributed by atoms with Crippen LogP contribution in [0, 0.1) is 11.3 Å². The molecule has 0 saturated heterocycles. The van der Waals surface area contributed by atoms with Crippen molar-refractivity contribution >= 4 is 0 Å². The van der Waals surface area contributed by atoms with Gasteiger partial charge in [0, 0.05) is 0 Å². The predicted octanol–water partition coefficient (Wildman–Crippen LogP) is 2.13. The van der Waals surface area contributed by atoms with Gasteiger partial charge in [0.25, 0.3) is 0 Å². The summed E-state index contributed by atoms with van der Waals surface area (Å²) in [7, 11) is 1.59. The molecule has 0 atom stereocenters. The Hall–Kier alpha value is -1.49. The van der Waals surface area contributed by atoms with Crippen LogP contribution in [-0.2, 0) is 6.42 Å². The van der Waals surface area contributed by atoms with Crippen molar-refractivity contribution in [2.24, 2.45) is 0 Å². The zero-order chi connectivity index (χ0) is 8.97. The van der Waals surface area contributed by atoms with Crippen LogP contribution in [0.4, 0.5) is 0 Å². The highest BCUT2D eigenvalue weighted by Crippen LogP contribution is 2.22. The highest BCUT2D eigenvalue weighted by Gasteiger charge is 2.05. The summed E-state index contributed by atoms with van der Waals surface area (Å²) in [6, 6.07) is 7.70. The van der Waals surface area contributed by atoms with Gasteiger partial charge in [-0.05, 0) is 18.1 Å². The molecule has 0 radical (unpaired) electrons. The smallest absolute Gasteiger partial charge is 0.139 e. The van der Waals surface area contributed by atoms with Crippen molar-refractivity contribution in [3.63, 3.8) is 0 Å². The van der Waals surface area contributed by atoms with E-state index in [4.69, 9.17) is 10.00 Å². The number of methoxy groups -OCH3 is 1. The summed E-state index contributed by atoms with van der Waals surface area (Å²) >= 11 is 0. The van der Waals surface area contributed by atoms with Crippen molar-refractivity contribution in [2.45, 2.75) is 13.3 Å². The van der Waals surface area contributed by atoms with Gasteiger partial charge in [0.05, 0.1) is 12.7 Å². The molecule has 2 heteroatoms. The molecule has 0 aromatic heterocycles. The van der Waals surface area contributed by atoms with Crippen LogP contribution in [-0.4, -0.2) is 7.11 Å². The van der Waals surface area contributed by atoms with E-state index in [1.54, 1.807) is 13.2 Å². The molecule has 1 aromatic rings. The molecule has 0 N–H and O–H groups in total. The molecule has 0 aliphatic heterocycles. The molecule has 1 rings (SSSR count). The number of hydrogen-bond acceptors (Lipinski definition) is 2. The normalized spacial score (nSPS) is 9.08. The van der Waals surface area contributed by atoms with E-state index in [1.807, 2.05) is 19.1 Å². The molecule has 62 valence electrons. The zero-order valence-corrected chi connectivity index (χ0v) is 7.29. The van der Waals surface area contributed by atoms with E-state index in [0.29, 0.717) is 11.3 Å². The van der Waals surface area contributed by atoms with Gasteiger partial charge in [0.2, 0.25) is 0 Å². The Morgan fingerprint density at radius 1 is 1.50 bits per heavy atom. The van der Waals surface area contributed by atoms with Gasteiger partial charge >= 0.3 is 0 Å². The summed E-state index contributed by atoms with van der Waals surface area (Å²) in [5.74, 6) is 0.711. The van der Waals surface area contributed by atoms with Crippen molar-refractivity contribution in [3.8, 4) is 11.8 Å². The minimum Gasteiger partial charge on any atom is -0.495 e. The number of rotatable bonds is 2. The van der Waals surface area contributed by atoms with Gasteiger partial charge in [-0.2, -0.15) is 5.26 Å². The topological polar surface area (TPSA) is 33.0 Å². The molecule has 0 spiro atoms. The summed E-state index contributed by atoms with van der Waals surface area (Å²) in [6.07, 6.45) is 0.888. The summed E-state index contributed by atoms with van der Waals surface area (Å²) in [4.78, 5) is 0. The van der Waals surface area contributed by atoms with E-state index in [0.717, 1.165) is 12.0 Å². The van der Waals surface area contributed by atoms with Crippen LogP contribution in [0.25, 0.3) is 0 Å². The van der Waals surface area contributed by atoms with Crippen LogP contribution in [0.2, 0.25) is 0 Å². The van der Waals surface area contributed by atoms with E-state index < -0.39 is 0 Å². The second-order valence-electron chi connectivity index (χ2n) is 2.46. The molecule has 12 heavy (non-hydrogen) atoms. The number of aryl methyl sites for hydroxylation is 1. The first-order valence-corrected chi connectivity index (χ1v) is 3.89. The lowest BCUT2D eigenvalue weighted by Crippen LogP contribution is -1.93. The summed E-state index contributed by atoms with van der Waals surface area (Å²) in [5, 5.41) is 8.74. The van der Waals surface area contributed by atoms with E-state index in [-0.39, 0.29) is 0 Å². The third kappa shape index (κ3) is 1.40. The van der Waals surface area contributed by atoms with Crippen LogP contribution < -0.4 is 4.74 Å². The fourth-order valence-electron chi connectivity index (χ4n) is 1.19. The molecule has 0 aliphatic rings. The Morgan fingerprint density at radius 3 is 2.75 bits per heavy atom. The van der Waals surface area contributed by atoms with Crippen LogP contribution >= 0.6 is 0 Å². The lowest BCUT2D eigenvalue weighted by molar-refractivity contribution is 0.409. The van der Waals surface area contributed by atoms with E-state index in [2.05, 4.69) is 6.07 Å². The highest BCUT2D eigenvalue weighted by atomic mass is 16.5. The maximum absolute atomic E-state index is 8.74. The summed E-state index contributed by atoms with van der Waals surface area (Å²) < 4.78 is 5.14.